The van der Waals surface area contributed by atoms with Gasteiger partial charge in [-0.3, -0.25) is 4.79 Å². The minimum Gasteiger partial charge on any atom is -0.444 e. The molecule has 0 saturated carbocycles. The highest BCUT2D eigenvalue weighted by Gasteiger charge is 2.31. The summed E-state index contributed by atoms with van der Waals surface area (Å²) in [4.78, 5) is 29.0. The Labute approximate surface area is 128 Å². The van der Waals surface area contributed by atoms with Crippen LogP contribution >= 0.6 is 11.3 Å². The van der Waals surface area contributed by atoms with Crippen molar-refractivity contribution in [2.45, 2.75) is 57.6 Å². The lowest BCUT2D eigenvalue weighted by molar-refractivity contribution is -0.120. The number of nitrogens with two attached hydrogens (primary N) is 1. The highest BCUT2D eigenvalue weighted by atomic mass is 32.1. The van der Waals surface area contributed by atoms with Crippen LogP contribution in [0.25, 0.3) is 0 Å². The standard InChI is InChI=1S/C14H21N3O3S/c1-14(2,3)20-13(19)17-9(12(15)18)6-8-4-5-10-11(8)16-7-21-10/h7-9H,4-6H2,1-3H3,(H2,15,18)(H,17,19). The zero-order valence-corrected chi connectivity index (χ0v) is 13.3. The van der Waals surface area contributed by atoms with Gasteiger partial charge in [-0.15, -0.1) is 11.3 Å². The molecule has 0 fully saturated rings. The lowest BCUT2D eigenvalue weighted by Gasteiger charge is -2.23. The number of amides is 2. The van der Waals surface area contributed by atoms with Gasteiger partial charge in [-0.25, -0.2) is 9.78 Å². The second kappa shape index (κ2) is 6.01. The number of aryl methyl sites for hydroxylation is 1. The van der Waals surface area contributed by atoms with Crippen LogP contribution in [0.3, 0.4) is 0 Å². The number of carbonyl (C=O) groups is 2. The number of carbonyl (C=O) groups excluding carboxylic acids is 2. The molecule has 0 spiro atoms. The molecule has 1 aromatic rings. The van der Waals surface area contributed by atoms with E-state index in [4.69, 9.17) is 10.5 Å². The van der Waals surface area contributed by atoms with Gasteiger partial charge in [0.15, 0.2) is 0 Å². The van der Waals surface area contributed by atoms with Gasteiger partial charge >= 0.3 is 6.09 Å². The fraction of sp³-hybridized carbons (Fsp3) is 0.643. The van der Waals surface area contributed by atoms with Crippen molar-refractivity contribution in [2.75, 3.05) is 0 Å². The van der Waals surface area contributed by atoms with E-state index in [1.54, 1.807) is 32.1 Å². The molecule has 0 aliphatic heterocycles. The monoisotopic (exact) mass is 311 g/mol. The molecule has 6 nitrogen and oxygen atoms in total. The van der Waals surface area contributed by atoms with Gasteiger partial charge in [-0.05, 0) is 40.0 Å². The zero-order valence-electron chi connectivity index (χ0n) is 12.5. The number of fused-ring (bicyclic) bond motifs is 1. The number of nitrogens with zero attached hydrogens (tertiary/aromatic N) is 1. The van der Waals surface area contributed by atoms with Crippen LogP contribution in [0.5, 0.6) is 0 Å². The van der Waals surface area contributed by atoms with Gasteiger partial charge in [0, 0.05) is 10.8 Å². The molecule has 0 radical (unpaired) electrons. The van der Waals surface area contributed by atoms with E-state index in [9.17, 15) is 9.59 Å². The summed E-state index contributed by atoms with van der Waals surface area (Å²) in [6, 6.07) is -0.738. The molecule has 0 bridgehead atoms. The number of nitrogens with one attached hydrogen (secondary N) is 1. The van der Waals surface area contributed by atoms with Crippen molar-refractivity contribution in [1.29, 1.82) is 0 Å². The Balaban J connectivity index is 1.98. The van der Waals surface area contributed by atoms with Crippen molar-refractivity contribution in [2.24, 2.45) is 5.73 Å². The lowest BCUT2D eigenvalue weighted by atomic mass is 9.97. The number of thiazole rings is 1. The van der Waals surface area contributed by atoms with E-state index in [2.05, 4.69) is 10.3 Å². The molecule has 2 unspecified atom stereocenters. The van der Waals surface area contributed by atoms with Crippen LogP contribution in [-0.4, -0.2) is 28.6 Å². The van der Waals surface area contributed by atoms with E-state index in [1.165, 1.54) is 4.88 Å². The highest BCUT2D eigenvalue weighted by Crippen LogP contribution is 2.37. The minimum atomic E-state index is -0.738. The molecule has 21 heavy (non-hydrogen) atoms. The SMILES string of the molecule is CC(C)(C)OC(=O)NC(CC1CCc2scnc21)C(N)=O. The summed E-state index contributed by atoms with van der Waals surface area (Å²) in [6.07, 6.45) is 1.76. The molecule has 3 N–H and O–H groups in total. The van der Waals surface area contributed by atoms with E-state index in [1.807, 2.05) is 5.51 Å². The van der Waals surface area contributed by atoms with Crippen LogP contribution < -0.4 is 11.1 Å². The van der Waals surface area contributed by atoms with Gasteiger partial charge < -0.3 is 15.8 Å². The maximum atomic E-state index is 11.8. The second-order valence-electron chi connectivity index (χ2n) is 6.23. The number of aromatic nitrogens is 1. The normalized spacial score (nSPS) is 18.9. The first-order valence-electron chi connectivity index (χ1n) is 6.97. The smallest absolute Gasteiger partial charge is 0.408 e. The summed E-state index contributed by atoms with van der Waals surface area (Å²) >= 11 is 1.63. The molecule has 1 aromatic heterocycles. The molecule has 7 heteroatoms. The van der Waals surface area contributed by atoms with Crippen LogP contribution in [-0.2, 0) is 16.0 Å². The first-order chi connectivity index (χ1) is 9.76. The Morgan fingerprint density at radius 1 is 1.57 bits per heavy atom. The van der Waals surface area contributed by atoms with E-state index in [0.717, 1.165) is 18.5 Å². The summed E-state index contributed by atoms with van der Waals surface area (Å²) in [5.74, 6) is -0.386. The van der Waals surface area contributed by atoms with Crippen LogP contribution in [0.4, 0.5) is 4.79 Å². The molecule has 2 rings (SSSR count). The van der Waals surface area contributed by atoms with E-state index < -0.39 is 23.6 Å². The summed E-state index contributed by atoms with van der Waals surface area (Å²) in [5, 5.41) is 2.56. The Hall–Kier alpha value is -1.63. The summed E-state index contributed by atoms with van der Waals surface area (Å²) in [7, 11) is 0. The van der Waals surface area contributed by atoms with Crippen LogP contribution in [0.2, 0.25) is 0 Å². The third kappa shape index (κ3) is 4.17. The van der Waals surface area contributed by atoms with Gasteiger partial charge in [0.05, 0.1) is 11.2 Å². The van der Waals surface area contributed by atoms with Gasteiger partial charge in [-0.1, -0.05) is 0 Å². The van der Waals surface area contributed by atoms with Gasteiger partial charge in [0.2, 0.25) is 5.91 Å². The highest BCUT2D eigenvalue weighted by molar-refractivity contribution is 7.09. The summed E-state index contributed by atoms with van der Waals surface area (Å²) in [5.41, 5.74) is 7.64. The maximum Gasteiger partial charge on any atom is 0.408 e. The third-order valence-corrected chi connectivity index (χ3v) is 4.24. The number of hydrogen-bond acceptors (Lipinski definition) is 5. The van der Waals surface area contributed by atoms with Crippen LogP contribution in [0.1, 0.15) is 50.1 Å². The first kappa shape index (κ1) is 15.8. The second-order valence-corrected chi connectivity index (χ2v) is 7.17. The van der Waals surface area contributed by atoms with Crippen molar-refractivity contribution in [1.82, 2.24) is 10.3 Å². The van der Waals surface area contributed by atoms with Crippen molar-refractivity contribution in [3.8, 4) is 0 Å². The van der Waals surface area contributed by atoms with Crippen LogP contribution in [0, 0.1) is 0 Å². The molecule has 1 heterocycles. The summed E-state index contributed by atoms with van der Waals surface area (Å²) < 4.78 is 5.17. The lowest BCUT2D eigenvalue weighted by Crippen LogP contribution is -2.47. The van der Waals surface area contributed by atoms with E-state index in [-0.39, 0.29) is 5.92 Å². The molecule has 0 aromatic carbocycles. The van der Waals surface area contributed by atoms with Crippen molar-refractivity contribution >= 4 is 23.3 Å². The Morgan fingerprint density at radius 2 is 2.29 bits per heavy atom. The van der Waals surface area contributed by atoms with Crippen LogP contribution in [0.15, 0.2) is 5.51 Å². The molecule has 1 aliphatic carbocycles. The zero-order chi connectivity index (χ0) is 15.6. The molecular weight excluding hydrogens is 290 g/mol. The number of rotatable bonds is 4. The van der Waals surface area contributed by atoms with E-state index >= 15 is 0 Å². The van der Waals surface area contributed by atoms with Gasteiger partial charge in [-0.2, -0.15) is 0 Å². The van der Waals surface area contributed by atoms with E-state index in [0.29, 0.717) is 6.42 Å². The number of ether oxygens (including phenoxy) is 1. The fourth-order valence-electron chi connectivity index (χ4n) is 2.45. The van der Waals surface area contributed by atoms with Crippen molar-refractivity contribution < 1.29 is 14.3 Å². The molecule has 2 amide bonds. The Kier molecular flexibility index (Phi) is 4.51. The first-order valence-corrected chi connectivity index (χ1v) is 7.85. The topological polar surface area (TPSA) is 94.3 Å². The number of primary amides is 1. The average Bonchev–Trinajstić information content (AvgIpc) is 2.89. The number of hydrogen-bond donors (Lipinski definition) is 2. The Bertz CT molecular complexity index is 536. The fourth-order valence-corrected chi connectivity index (χ4v) is 3.32. The number of alkyl carbamates (subject to hydrolysis) is 1. The third-order valence-electron chi connectivity index (χ3n) is 3.33. The van der Waals surface area contributed by atoms with Crippen molar-refractivity contribution in [3.63, 3.8) is 0 Å². The maximum absolute atomic E-state index is 11.8. The quantitative estimate of drug-likeness (QED) is 0.888. The largest absolute Gasteiger partial charge is 0.444 e. The van der Waals surface area contributed by atoms with Gasteiger partial charge in [0.25, 0.3) is 0 Å². The molecule has 0 saturated heterocycles. The summed E-state index contributed by atoms with van der Waals surface area (Å²) in [6.45, 7) is 5.30. The Morgan fingerprint density at radius 3 is 2.90 bits per heavy atom. The molecule has 1 aliphatic rings. The molecule has 2 atom stereocenters. The average molecular weight is 311 g/mol. The van der Waals surface area contributed by atoms with Crippen molar-refractivity contribution in [3.05, 3.63) is 16.1 Å². The predicted octanol–water partition coefficient (Wildman–Crippen LogP) is 1.94. The molecule has 116 valence electrons. The molecular formula is C14H21N3O3S. The predicted molar refractivity (Wildman–Crippen MR) is 80.1 cm³/mol. The minimum absolute atomic E-state index is 0.165. The van der Waals surface area contributed by atoms with Gasteiger partial charge in [0.1, 0.15) is 11.6 Å².